The summed E-state index contributed by atoms with van der Waals surface area (Å²) in [7, 11) is 1.41. The zero-order valence-electron chi connectivity index (χ0n) is 16.7. The average Bonchev–Trinajstić information content (AvgIpc) is 3.05. The van der Waals surface area contributed by atoms with Crippen LogP contribution in [0.2, 0.25) is 10.0 Å². The first-order valence-corrected chi connectivity index (χ1v) is 10.2. The van der Waals surface area contributed by atoms with Gasteiger partial charge in [0.25, 0.3) is 11.7 Å². The Balaban J connectivity index is 1.97. The predicted octanol–water partition coefficient (Wildman–Crippen LogP) is 5.77. The van der Waals surface area contributed by atoms with E-state index >= 15 is 0 Å². The zero-order chi connectivity index (χ0) is 23.0. The minimum atomic E-state index is -1.20. The Morgan fingerprint density at radius 1 is 1.03 bits per heavy atom. The molecule has 1 saturated heterocycles. The second kappa shape index (κ2) is 8.65. The highest BCUT2D eigenvalue weighted by molar-refractivity contribution is 6.51. The third-order valence-corrected chi connectivity index (χ3v) is 5.74. The van der Waals surface area contributed by atoms with Crippen molar-refractivity contribution in [2.24, 2.45) is 0 Å². The normalized spacial score (nSPS) is 17.6. The molecular weight excluding hydrogens is 456 g/mol. The van der Waals surface area contributed by atoms with E-state index in [2.05, 4.69) is 0 Å². The van der Waals surface area contributed by atoms with E-state index in [9.17, 15) is 19.1 Å². The molecule has 1 heterocycles. The molecule has 32 heavy (non-hydrogen) atoms. The number of amides is 1. The molecule has 0 aliphatic carbocycles. The number of benzene rings is 3. The van der Waals surface area contributed by atoms with Crippen molar-refractivity contribution >= 4 is 46.3 Å². The van der Waals surface area contributed by atoms with Gasteiger partial charge in [-0.2, -0.15) is 0 Å². The van der Waals surface area contributed by atoms with Gasteiger partial charge < -0.3 is 9.84 Å². The Kier molecular flexibility index (Phi) is 5.91. The number of rotatable bonds is 4. The summed E-state index contributed by atoms with van der Waals surface area (Å²) in [6.07, 6.45) is 0. The Labute approximate surface area is 193 Å². The van der Waals surface area contributed by atoms with Crippen molar-refractivity contribution in [2.75, 3.05) is 12.0 Å². The number of halogens is 3. The van der Waals surface area contributed by atoms with Crippen LogP contribution in [0.4, 0.5) is 10.1 Å². The summed E-state index contributed by atoms with van der Waals surface area (Å²) < 4.78 is 20.0. The van der Waals surface area contributed by atoms with E-state index in [-0.39, 0.29) is 22.4 Å². The monoisotopic (exact) mass is 471 g/mol. The fourth-order valence-electron chi connectivity index (χ4n) is 3.65. The second-order valence-corrected chi connectivity index (χ2v) is 7.86. The first kappa shape index (κ1) is 21.9. The Hall–Kier alpha value is -3.35. The number of aliphatic hydroxyl groups is 1. The predicted molar refractivity (Wildman–Crippen MR) is 121 cm³/mol. The lowest BCUT2D eigenvalue weighted by Gasteiger charge is -2.25. The van der Waals surface area contributed by atoms with Crippen LogP contribution in [0.15, 0.2) is 72.3 Å². The maximum Gasteiger partial charge on any atom is 0.300 e. The van der Waals surface area contributed by atoms with E-state index in [1.165, 1.54) is 43.5 Å². The summed E-state index contributed by atoms with van der Waals surface area (Å²) in [5.41, 5.74) is 0.336. The maximum atomic E-state index is 14.8. The lowest BCUT2D eigenvalue weighted by atomic mass is 9.94. The van der Waals surface area contributed by atoms with Crippen molar-refractivity contribution in [1.29, 1.82) is 0 Å². The molecule has 162 valence electrons. The van der Waals surface area contributed by atoms with Gasteiger partial charge in [-0.3, -0.25) is 14.5 Å². The number of hydrogen-bond acceptors (Lipinski definition) is 4. The molecule has 8 heteroatoms. The lowest BCUT2D eigenvalue weighted by molar-refractivity contribution is -0.132. The van der Waals surface area contributed by atoms with Crippen molar-refractivity contribution in [3.05, 3.63) is 99.3 Å². The maximum absolute atomic E-state index is 14.8. The highest BCUT2D eigenvalue weighted by atomic mass is 35.5. The van der Waals surface area contributed by atoms with Crippen molar-refractivity contribution in [3.63, 3.8) is 0 Å². The number of ketones is 1. The Bertz CT molecular complexity index is 1260. The van der Waals surface area contributed by atoms with Gasteiger partial charge in [0, 0.05) is 21.8 Å². The van der Waals surface area contributed by atoms with E-state index in [1.807, 2.05) is 0 Å². The molecule has 5 nitrogen and oxygen atoms in total. The number of carbonyl (C=O) groups excluding carboxylic acids is 2. The minimum Gasteiger partial charge on any atom is -0.507 e. The van der Waals surface area contributed by atoms with Gasteiger partial charge in [-0.05, 0) is 48.5 Å². The molecule has 4 rings (SSSR count). The van der Waals surface area contributed by atoms with Gasteiger partial charge in [0.1, 0.15) is 17.3 Å². The number of methoxy groups -OCH3 is 1. The van der Waals surface area contributed by atoms with Crippen LogP contribution in [0.1, 0.15) is 17.2 Å². The lowest BCUT2D eigenvalue weighted by Crippen LogP contribution is -2.29. The number of nitrogens with zero attached hydrogens (tertiary/aromatic N) is 1. The smallest absolute Gasteiger partial charge is 0.300 e. The summed E-state index contributed by atoms with van der Waals surface area (Å²) in [5, 5.41) is 11.8. The first-order valence-electron chi connectivity index (χ1n) is 9.48. The average molecular weight is 472 g/mol. The van der Waals surface area contributed by atoms with Crippen molar-refractivity contribution in [3.8, 4) is 5.75 Å². The molecule has 1 atom stereocenters. The molecule has 1 aliphatic heterocycles. The topological polar surface area (TPSA) is 66.8 Å². The number of aliphatic hydroxyl groups excluding tert-OH is 1. The van der Waals surface area contributed by atoms with E-state index in [4.69, 9.17) is 27.9 Å². The summed E-state index contributed by atoms with van der Waals surface area (Å²) in [6.45, 7) is 0. The highest BCUT2D eigenvalue weighted by Crippen LogP contribution is 2.43. The van der Waals surface area contributed by atoms with E-state index in [1.54, 1.807) is 30.3 Å². The van der Waals surface area contributed by atoms with Crippen LogP contribution in [0.3, 0.4) is 0 Å². The molecule has 3 aromatic rings. The standard InChI is InChI=1S/C24H16Cl2FNO4/c1-32-19-12-13(6-11-17(19)26)22(29)20-21(16-4-2-3-5-18(16)27)28(24(31)23(20)30)15-9-7-14(25)8-10-15/h2-12,21,29H,1H3/b22-20+. The summed E-state index contributed by atoms with van der Waals surface area (Å²) in [6, 6.07) is 15.2. The highest BCUT2D eigenvalue weighted by Gasteiger charge is 2.47. The Morgan fingerprint density at radius 3 is 2.38 bits per heavy atom. The molecule has 1 unspecified atom stereocenters. The number of anilines is 1. The van der Waals surface area contributed by atoms with Gasteiger partial charge in [0.05, 0.1) is 23.7 Å². The summed E-state index contributed by atoms with van der Waals surface area (Å²) in [4.78, 5) is 27.3. The number of hydrogen-bond donors (Lipinski definition) is 1. The van der Waals surface area contributed by atoms with Gasteiger partial charge in [0.2, 0.25) is 0 Å². The van der Waals surface area contributed by atoms with Crippen LogP contribution < -0.4 is 9.64 Å². The van der Waals surface area contributed by atoms with Crippen LogP contribution in [0.25, 0.3) is 5.76 Å². The number of Topliss-reactive ketones (excluding diaryl/α,β-unsaturated/α-hetero) is 1. The van der Waals surface area contributed by atoms with Crippen LogP contribution in [-0.4, -0.2) is 23.9 Å². The number of carbonyl (C=O) groups is 2. The quantitative estimate of drug-likeness (QED) is 0.298. The minimum absolute atomic E-state index is 0.0594. The molecule has 0 bridgehead atoms. The van der Waals surface area contributed by atoms with E-state index in [0.717, 1.165) is 4.90 Å². The SMILES string of the molecule is COc1cc(/C(O)=C2\C(=O)C(=O)N(c3ccc(Cl)cc3)C2c2ccccc2F)ccc1Cl. The van der Waals surface area contributed by atoms with Gasteiger partial charge in [-0.15, -0.1) is 0 Å². The molecule has 1 fully saturated rings. The third-order valence-electron chi connectivity index (χ3n) is 5.17. The number of ether oxygens (including phenoxy) is 1. The first-order chi connectivity index (χ1) is 15.3. The summed E-state index contributed by atoms with van der Waals surface area (Å²) >= 11 is 12.0. The van der Waals surface area contributed by atoms with E-state index in [0.29, 0.717) is 15.7 Å². The molecule has 3 aromatic carbocycles. The zero-order valence-corrected chi connectivity index (χ0v) is 18.2. The Morgan fingerprint density at radius 2 is 1.72 bits per heavy atom. The summed E-state index contributed by atoms with van der Waals surface area (Å²) in [5.74, 6) is -2.67. The molecule has 0 saturated carbocycles. The van der Waals surface area contributed by atoms with Gasteiger partial charge in [-0.25, -0.2) is 4.39 Å². The largest absolute Gasteiger partial charge is 0.507 e. The van der Waals surface area contributed by atoms with Gasteiger partial charge in [-0.1, -0.05) is 41.4 Å². The third kappa shape index (κ3) is 3.72. The van der Waals surface area contributed by atoms with Crippen LogP contribution in [0, 0.1) is 5.82 Å². The van der Waals surface area contributed by atoms with Crippen LogP contribution in [-0.2, 0) is 9.59 Å². The molecule has 1 amide bonds. The second-order valence-electron chi connectivity index (χ2n) is 7.02. The molecule has 1 N–H and O–H groups in total. The fraction of sp³-hybridized carbons (Fsp3) is 0.0833. The van der Waals surface area contributed by atoms with Crippen LogP contribution in [0.5, 0.6) is 5.75 Å². The van der Waals surface area contributed by atoms with E-state index < -0.39 is 29.3 Å². The van der Waals surface area contributed by atoms with Crippen LogP contribution >= 0.6 is 23.2 Å². The van der Waals surface area contributed by atoms with Crippen molar-refractivity contribution in [1.82, 2.24) is 0 Å². The van der Waals surface area contributed by atoms with Crippen molar-refractivity contribution in [2.45, 2.75) is 6.04 Å². The fourth-order valence-corrected chi connectivity index (χ4v) is 3.97. The van der Waals surface area contributed by atoms with Gasteiger partial charge >= 0.3 is 0 Å². The molecular formula is C24H16Cl2FNO4. The van der Waals surface area contributed by atoms with Crippen molar-refractivity contribution < 1.29 is 23.8 Å². The molecule has 0 spiro atoms. The van der Waals surface area contributed by atoms with Gasteiger partial charge in [0.15, 0.2) is 0 Å². The molecule has 0 aromatic heterocycles. The molecule has 1 aliphatic rings. The molecule has 0 radical (unpaired) electrons.